The summed E-state index contributed by atoms with van der Waals surface area (Å²) in [4.78, 5) is 15.7. The van der Waals surface area contributed by atoms with Crippen molar-refractivity contribution in [1.29, 1.82) is 0 Å². The van der Waals surface area contributed by atoms with Crippen LogP contribution >= 0.6 is 39.1 Å². The van der Waals surface area contributed by atoms with Gasteiger partial charge in [-0.25, -0.2) is 9.37 Å². The van der Waals surface area contributed by atoms with Crippen molar-refractivity contribution in [2.24, 2.45) is 0 Å². The van der Waals surface area contributed by atoms with Crippen molar-refractivity contribution in [3.63, 3.8) is 0 Å². The van der Waals surface area contributed by atoms with Crippen molar-refractivity contribution in [2.75, 3.05) is 5.32 Å². The maximum absolute atomic E-state index is 13.5. The van der Waals surface area contributed by atoms with Gasteiger partial charge in [-0.2, -0.15) is 0 Å². The van der Waals surface area contributed by atoms with E-state index in [0.717, 1.165) is 6.07 Å². The Morgan fingerprint density at radius 2 is 1.84 bits per heavy atom. The number of carbonyl (C=O) groups is 1. The highest BCUT2D eigenvalue weighted by Crippen LogP contribution is 2.23. The van der Waals surface area contributed by atoms with Gasteiger partial charge in [-0.1, -0.05) is 23.2 Å². The van der Waals surface area contributed by atoms with Crippen LogP contribution in [0.2, 0.25) is 10.0 Å². The summed E-state index contributed by atoms with van der Waals surface area (Å²) < 4.78 is 13.8. The van der Waals surface area contributed by atoms with Crippen LogP contribution in [0.15, 0.2) is 34.9 Å². The Kier molecular flexibility index (Phi) is 4.39. The van der Waals surface area contributed by atoms with Crippen molar-refractivity contribution in [3.05, 3.63) is 56.5 Å². The molecule has 2 rings (SSSR count). The van der Waals surface area contributed by atoms with E-state index in [2.05, 4.69) is 26.2 Å². The molecule has 0 radical (unpaired) electrons. The van der Waals surface area contributed by atoms with Crippen molar-refractivity contribution in [3.8, 4) is 0 Å². The molecule has 1 amide bonds. The van der Waals surface area contributed by atoms with E-state index >= 15 is 0 Å². The Labute approximate surface area is 126 Å². The SMILES string of the molecule is O=C(Nc1cc(Cl)cc(Cl)c1)c1nc(Br)ccc1F. The fourth-order valence-corrected chi connectivity index (χ4v) is 2.23. The molecule has 0 aliphatic heterocycles. The number of amides is 1. The Morgan fingerprint density at radius 1 is 1.21 bits per heavy atom. The molecule has 19 heavy (non-hydrogen) atoms. The van der Waals surface area contributed by atoms with Gasteiger partial charge in [-0.3, -0.25) is 4.79 Å². The predicted octanol–water partition coefficient (Wildman–Crippen LogP) is 4.54. The number of hydrogen-bond donors (Lipinski definition) is 1. The molecule has 0 bridgehead atoms. The second-order valence-electron chi connectivity index (χ2n) is 3.58. The Bertz CT molecular complexity index is 631. The quantitative estimate of drug-likeness (QED) is 0.795. The zero-order valence-electron chi connectivity index (χ0n) is 9.25. The first-order valence-corrected chi connectivity index (χ1v) is 6.60. The number of pyridine rings is 1. The molecule has 98 valence electrons. The molecule has 1 heterocycles. The van der Waals surface area contributed by atoms with Gasteiger partial charge >= 0.3 is 0 Å². The summed E-state index contributed by atoms with van der Waals surface area (Å²) in [6.07, 6.45) is 0. The molecule has 0 spiro atoms. The fourth-order valence-electron chi connectivity index (χ4n) is 1.39. The number of rotatable bonds is 2. The maximum Gasteiger partial charge on any atom is 0.277 e. The smallest absolute Gasteiger partial charge is 0.277 e. The number of halogens is 4. The van der Waals surface area contributed by atoms with Crippen molar-refractivity contribution in [2.45, 2.75) is 0 Å². The molecular weight excluding hydrogens is 358 g/mol. The number of benzene rings is 1. The van der Waals surface area contributed by atoms with Gasteiger partial charge in [0, 0.05) is 15.7 Å². The van der Waals surface area contributed by atoms with E-state index in [4.69, 9.17) is 23.2 Å². The van der Waals surface area contributed by atoms with Crippen LogP contribution in [0.25, 0.3) is 0 Å². The average molecular weight is 364 g/mol. The zero-order valence-corrected chi connectivity index (χ0v) is 12.4. The van der Waals surface area contributed by atoms with Crippen LogP contribution in [0.4, 0.5) is 10.1 Å². The molecule has 0 unspecified atom stereocenters. The van der Waals surface area contributed by atoms with E-state index < -0.39 is 11.7 Å². The third-order valence-corrected chi connectivity index (χ3v) is 3.03. The number of aromatic nitrogens is 1. The Morgan fingerprint density at radius 3 is 2.47 bits per heavy atom. The number of carbonyl (C=O) groups excluding carboxylic acids is 1. The lowest BCUT2D eigenvalue weighted by atomic mass is 10.3. The van der Waals surface area contributed by atoms with E-state index in [1.165, 1.54) is 24.3 Å². The molecule has 7 heteroatoms. The third kappa shape index (κ3) is 3.65. The molecular formula is C12H6BrCl2FN2O. The summed E-state index contributed by atoms with van der Waals surface area (Å²) >= 11 is 14.7. The molecule has 2 aromatic rings. The minimum atomic E-state index is -0.714. The highest BCUT2D eigenvalue weighted by atomic mass is 79.9. The van der Waals surface area contributed by atoms with E-state index in [-0.39, 0.29) is 5.69 Å². The molecule has 1 N–H and O–H groups in total. The van der Waals surface area contributed by atoms with Gasteiger partial charge in [-0.15, -0.1) is 0 Å². The number of nitrogens with zero attached hydrogens (tertiary/aromatic N) is 1. The second-order valence-corrected chi connectivity index (χ2v) is 5.26. The van der Waals surface area contributed by atoms with Crippen LogP contribution < -0.4 is 5.32 Å². The van der Waals surface area contributed by atoms with E-state index in [1.54, 1.807) is 0 Å². The van der Waals surface area contributed by atoms with Gasteiger partial charge in [0.25, 0.3) is 5.91 Å². The highest BCUT2D eigenvalue weighted by molar-refractivity contribution is 9.10. The lowest BCUT2D eigenvalue weighted by Gasteiger charge is -2.06. The van der Waals surface area contributed by atoms with Gasteiger partial charge < -0.3 is 5.32 Å². The van der Waals surface area contributed by atoms with Crippen LogP contribution in [0.1, 0.15) is 10.5 Å². The summed E-state index contributed by atoms with van der Waals surface area (Å²) in [5.74, 6) is -1.40. The second kappa shape index (κ2) is 5.86. The summed E-state index contributed by atoms with van der Waals surface area (Å²) in [6, 6.07) is 7.08. The zero-order chi connectivity index (χ0) is 14.0. The first-order chi connectivity index (χ1) is 8.95. The summed E-state index contributed by atoms with van der Waals surface area (Å²) in [5.41, 5.74) is 0.0501. The average Bonchev–Trinajstić information content (AvgIpc) is 2.30. The van der Waals surface area contributed by atoms with Crippen molar-refractivity contribution >= 4 is 50.7 Å². The van der Waals surface area contributed by atoms with E-state index in [9.17, 15) is 9.18 Å². The minimum absolute atomic E-state index is 0.314. The Hall–Kier alpha value is -1.17. The summed E-state index contributed by atoms with van der Waals surface area (Å²) in [7, 11) is 0. The van der Waals surface area contributed by atoms with E-state index in [1.807, 2.05) is 0 Å². The normalized spacial score (nSPS) is 10.3. The summed E-state index contributed by atoms with van der Waals surface area (Å²) in [6.45, 7) is 0. The first-order valence-electron chi connectivity index (χ1n) is 5.05. The highest BCUT2D eigenvalue weighted by Gasteiger charge is 2.14. The molecule has 1 aromatic carbocycles. The van der Waals surface area contributed by atoms with Gasteiger partial charge in [0.2, 0.25) is 0 Å². The van der Waals surface area contributed by atoms with Crippen LogP contribution in [-0.2, 0) is 0 Å². The van der Waals surface area contributed by atoms with Crippen LogP contribution in [-0.4, -0.2) is 10.9 Å². The maximum atomic E-state index is 13.5. The predicted molar refractivity (Wildman–Crippen MR) is 76.3 cm³/mol. The van der Waals surface area contributed by atoms with Gasteiger partial charge in [-0.05, 0) is 46.3 Å². The molecule has 0 fully saturated rings. The van der Waals surface area contributed by atoms with Crippen LogP contribution in [0.3, 0.4) is 0 Å². The number of anilines is 1. The van der Waals surface area contributed by atoms with Gasteiger partial charge in [0.15, 0.2) is 11.5 Å². The van der Waals surface area contributed by atoms with E-state index in [0.29, 0.717) is 20.3 Å². The minimum Gasteiger partial charge on any atom is -0.320 e. The van der Waals surface area contributed by atoms with Gasteiger partial charge in [0.1, 0.15) is 4.60 Å². The fraction of sp³-hybridized carbons (Fsp3) is 0. The van der Waals surface area contributed by atoms with Crippen LogP contribution in [0, 0.1) is 5.82 Å². The first kappa shape index (κ1) is 14.2. The lowest BCUT2D eigenvalue weighted by Crippen LogP contribution is -2.15. The number of hydrogen-bond acceptors (Lipinski definition) is 2. The van der Waals surface area contributed by atoms with Crippen molar-refractivity contribution in [1.82, 2.24) is 4.98 Å². The third-order valence-electron chi connectivity index (χ3n) is 2.15. The molecule has 3 nitrogen and oxygen atoms in total. The Balaban J connectivity index is 2.28. The lowest BCUT2D eigenvalue weighted by molar-refractivity contribution is 0.101. The topological polar surface area (TPSA) is 42.0 Å². The molecule has 1 aromatic heterocycles. The standard InChI is InChI=1S/C12H6BrCl2FN2O/c13-10-2-1-9(16)11(18-10)12(19)17-8-4-6(14)3-7(15)5-8/h1-5H,(H,17,19). The van der Waals surface area contributed by atoms with Crippen molar-refractivity contribution < 1.29 is 9.18 Å². The molecule has 0 saturated heterocycles. The van der Waals surface area contributed by atoms with Crippen LogP contribution in [0.5, 0.6) is 0 Å². The largest absolute Gasteiger partial charge is 0.320 e. The molecule has 0 aliphatic carbocycles. The molecule has 0 atom stereocenters. The molecule has 0 aliphatic rings. The molecule has 0 saturated carbocycles. The summed E-state index contributed by atoms with van der Waals surface area (Å²) in [5, 5.41) is 3.21. The monoisotopic (exact) mass is 362 g/mol. The van der Waals surface area contributed by atoms with Gasteiger partial charge in [0.05, 0.1) is 0 Å². The number of nitrogens with one attached hydrogen (secondary N) is 1.